The zero-order chi connectivity index (χ0) is 26.9. The van der Waals surface area contributed by atoms with E-state index in [9.17, 15) is 4.79 Å². The maximum atomic E-state index is 15.5. The molecule has 1 aliphatic carbocycles. The average Bonchev–Trinajstić information content (AvgIpc) is 3.44. The van der Waals surface area contributed by atoms with Gasteiger partial charge in [-0.3, -0.25) is 0 Å². The lowest BCUT2D eigenvalue weighted by Gasteiger charge is -2.50. The maximum Gasteiger partial charge on any atom is 0.410 e. The highest BCUT2D eigenvalue weighted by Gasteiger charge is 2.52. The minimum atomic E-state index is -1.35. The van der Waals surface area contributed by atoms with Gasteiger partial charge in [0.2, 0.25) is 5.88 Å². The lowest BCUT2D eigenvalue weighted by molar-refractivity contribution is -0.0981. The Morgan fingerprint density at radius 1 is 1.16 bits per heavy atom. The molecule has 0 spiro atoms. The number of nitrogens with zero attached hydrogens (tertiary/aromatic N) is 5. The van der Waals surface area contributed by atoms with Crippen LogP contribution in [0.2, 0.25) is 0 Å². The van der Waals surface area contributed by atoms with Gasteiger partial charge in [0.15, 0.2) is 13.0 Å². The van der Waals surface area contributed by atoms with E-state index in [1.807, 2.05) is 29.0 Å². The number of benzene rings is 1. The van der Waals surface area contributed by atoms with Crippen LogP contribution in [-0.4, -0.2) is 75.1 Å². The van der Waals surface area contributed by atoms with Crippen LogP contribution in [-0.2, 0) is 9.47 Å². The zero-order valence-electron chi connectivity index (χ0n) is 21.9. The summed E-state index contributed by atoms with van der Waals surface area (Å²) in [6.45, 7) is 5.86. The van der Waals surface area contributed by atoms with Gasteiger partial charge in [0.1, 0.15) is 17.5 Å². The Bertz CT molecular complexity index is 1250. The Morgan fingerprint density at radius 3 is 2.66 bits per heavy atom. The molecule has 0 radical (unpaired) electrons. The Balaban J connectivity index is 1.30. The monoisotopic (exact) mass is 525 g/mol. The highest BCUT2D eigenvalue weighted by atomic mass is 19.1. The van der Waals surface area contributed by atoms with E-state index in [1.54, 1.807) is 52.5 Å². The van der Waals surface area contributed by atoms with Crippen LogP contribution in [0.1, 0.15) is 33.6 Å². The van der Waals surface area contributed by atoms with Gasteiger partial charge in [-0.2, -0.15) is 0 Å². The molecule has 3 aliphatic rings. The van der Waals surface area contributed by atoms with E-state index in [0.717, 1.165) is 17.7 Å². The van der Waals surface area contributed by atoms with Gasteiger partial charge in [-0.05, 0) is 51.8 Å². The molecule has 3 aromatic rings. The molecule has 11 heteroatoms. The summed E-state index contributed by atoms with van der Waals surface area (Å²) in [5.41, 5.74) is 1.52. The van der Waals surface area contributed by atoms with Crippen molar-refractivity contribution in [2.24, 2.45) is 5.92 Å². The molecule has 38 heavy (non-hydrogen) atoms. The normalized spacial score (nSPS) is 22.8. The molecule has 4 atom stereocenters. The summed E-state index contributed by atoms with van der Waals surface area (Å²) in [7, 11) is 1.55. The van der Waals surface area contributed by atoms with Crippen LogP contribution in [0.3, 0.4) is 0 Å². The Labute approximate surface area is 220 Å². The van der Waals surface area contributed by atoms with Gasteiger partial charge in [0.05, 0.1) is 23.8 Å². The van der Waals surface area contributed by atoms with Gasteiger partial charge in [0.25, 0.3) is 0 Å². The third-order valence-corrected chi connectivity index (χ3v) is 6.71. The van der Waals surface area contributed by atoms with Gasteiger partial charge < -0.3 is 28.4 Å². The number of piperidine rings is 2. The Hall–Kier alpha value is -3.73. The van der Waals surface area contributed by atoms with Crippen molar-refractivity contribution in [2.75, 3.05) is 20.4 Å². The number of imidazole rings is 1. The second-order valence-electron chi connectivity index (χ2n) is 10.5. The lowest BCUT2D eigenvalue weighted by atomic mass is 9.76. The fourth-order valence-electron chi connectivity index (χ4n) is 4.99. The van der Waals surface area contributed by atoms with E-state index in [1.165, 1.54) is 4.90 Å². The molecule has 4 heterocycles. The number of amides is 1. The topological polar surface area (TPSA) is 101 Å². The Kier molecular flexibility index (Phi) is 7.20. The van der Waals surface area contributed by atoms with E-state index in [2.05, 4.69) is 15.2 Å². The number of rotatable bonds is 7. The molecule has 10 nitrogen and oxygen atoms in total. The summed E-state index contributed by atoms with van der Waals surface area (Å²) in [6.07, 6.45) is 4.04. The predicted molar refractivity (Wildman–Crippen MR) is 136 cm³/mol. The predicted octanol–water partition coefficient (Wildman–Crippen LogP) is 4.43. The summed E-state index contributed by atoms with van der Waals surface area (Å²) >= 11 is 0. The molecular weight excluding hydrogens is 493 g/mol. The summed E-state index contributed by atoms with van der Waals surface area (Å²) in [4.78, 5) is 18.2. The first-order valence-electron chi connectivity index (χ1n) is 12.6. The van der Waals surface area contributed by atoms with Crippen LogP contribution in [0.4, 0.5) is 9.18 Å². The SMILES string of the molecule is COCOc1cc(-n2ccnc2)ccc1-c1ccc(O[C@H]2C3CCC([C@H]2F)N(C(=O)OC(C)(C)C)C3)nn1. The molecule has 1 amide bonds. The first-order chi connectivity index (χ1) is 18.2. The largest absolute Gasteiger partial charge is 0.470 e. The zero-order valence-corrected chi connectivity index (χ0v) is 21.9. The smallest absolute Gasteiger partial charge is 0.410 e. The molecule has 1 saturated carbocycles. The number of methoxy groups -OCH3 is 1. The number of fused-ring (bicyclic) bond motifs is 3. The van der Waals surface area contributed by atoms with Crippen molar-refractivity contribution in [3.63, 3.8) is 0 Å². The first kappa shape index (κ1) is 25.9. The van der Waals surface area contributed by atoms with Crippen LogP contribution in [0.25, 0.3) is 16.9 Å². The number of carbonyl (C=O) groups is 1. The molecule has 2 bridgehead atoms. The molecular formula is C27H32FN5O5. The van der Waals surface area contributed by atoms with E-state index in [4.69, 9.17) is 18.9 Å². The van der Waals surface area contributed by atoms with E-state index < -0.39 is 30.0 Å². The average molecular weight is 526 g/mol. The highest BCUT2D eigenvalue weighted by Crippen LogP contribution is 2.40. The number of hydrogen-bond acceptors (Lipinski definition) is 8. The fourth-order valence-corrected chi connectivity index (χ4v) is 4.99. The minimum absolute atomic E-state index is 0.0669. The van der Waals surface area contributed by atoms with Crippen molar-refractivity contribution in [3.05, 3.63) is 49.1 Å². The molecule has 1 aromatic carbocycles. The molecule has 2 unspecified atom stereocenters. The number of aromatic nitrogens is 4. The van der Waals surface area contributed by atoms with Crippen molar-refractivity contribution in [1.29, 1.82) is 0 Å². The maximum absolute atomic E-state index is 15.5. The fraction of sp³-hybridized carbons (Fsp3) is 0.481. The van der Waals surface area contributed by atoms with Crippen molar-refractivity contribution >= 4 is 6.09 Å². The van der Waals surface area contributed by atoms with E-state index in [0.29, 0.717) is 24.4 Å². The highest BCUT2D eigenvalue weighted by molar-refractivity contribution is 5.70. The number of hydrogen-bond donors (Lipinski definition) is 0. The molecule has 2 saturated heterocycles. The summed E-state index contributed by atoms with van der Waals surface area (Å²) in [5, 5.41) is 8.54. The van der Waals surface area contributed by atoms with Crippen molar-refractivity contribution < 1.29 is 28.1 Å². The molecule has 2 aliphatic heterocycles. The molecule has 202 valence electrons. The summed E-state index contributed by atoms with van der Waals surface area (Å²) in [5.74, 6) is 0.637. The first-order valence-corrected chi connectivity index (χ1v) is 12.6. The standard InChI is InChI=1S/C27H32FN5O5/c1-27(2,3)38-26(34)33-14-17-5-9-21(33)24(28)25(17)37-23-10-8-20(30-31-23)19-7-6-18(32-12-11-29-15-32)13-22(19)36-16-35-4/h6-8,10-13,15,17,21,24-25H,5,9,14,16H2,1-4H3/t17?,21?,24-,25+/m1/s1. The van der Waals surface area contributed by atoms with Gasteiger partial charge in [-0.15, -0.1) is 10.2 Å². The van der Waals surface area contributed by atoms with Crippen LogP contribution in [0, 0.1) is 5.92 Å². The second kappa shape index (κ2) is 10.6. The van der Waals surface area contributed by atoms with Gasteiger partial charge >= 0.3 is 6.09 Å². The van der Waals surface area contributed by atoms with Crippen molar-refractivity contribution in [1.82, 2.24) is 24.6 Å². The quantitative estimate of drug-likeness (QED) is 0.418. The number of carbonyl (C=O) groups excluding carboxylic acids is 1. The van der Waals surface area contributed by atoms with Crippen LogP contribution < -0.4 is 9.47 Å². The third-order valence-electron chi connectivity index (χ3n) is 6.71. The number of halogens is 1. The second-order valence-corrected chi connectivity index (χ2v) is 10.5. The van der Waals surface area contributed by atoms with Crippen LogP contribution >= 0.6 is 0 Å². The van der Waals surface area contributed by atoms with Crippen LogP contribution in [0.15, 0.2) is 49.1 Å². The van der Waals surface area contributed by atoms with Crippen molar-refractivity contribution in [3.8, 4) is 28.6 Å². The lowest BCUT2D eigenvalue weighted by Crippen LogP contribution is -2.64. The van der Waals surface area contributed by atoms with Crippen molar-refractivity contribution in [2.45, 2.75) is 57.5 Å². The third kappa shape index (κ3) is 5.42. The number of ether oxygens (including phenoxy) is 4. The minimum Gasteiger partial charge on any atom is -0.470 e. The summed E-state index contributed by atoms with van der Waals surface area (Å²) < 4.78 is 39.7. The summed E-state index contributed by atoms with van der Waals surface area (Å²) in [6, 6.07) is 8.52. The molecule has 2 aromatic heterocycles. The molecule has 6 rings (SSSR count). The van der Waals surface area contributed by atoms with E-state index in [-0.39, 0.29) is 18.6 Å². The van der Waals surface area contributed by atoms with Gasteiger partial charge in [0, 0.05) is 49.7 Å². The Morgan fingerprint density at radius 2 is 2.00 bits per heavy atom. The molecule has 3 fully saturated rings. The molecule has 0 N–H and O–H groups in total. The van der Waals surface area contributed by atoms with Crippen LogP contribution in [0.5, 0.6) is 11.6 Å². The van der Waals surface area contributed by atoms with Gasteiger partial charge in [-0.1, -0.05) is 0 Å². The van der Waals surface area contributed by atoms with Gasteiger partial charge in [-0.25, -0.2) is 14.2 Å². The van der Waals surface area contributed by atoms with E-state index >= 15 is 4.39 Å². The number of alkyl halides is 1.